The van der Waals surface area contributed by atoms with Gasteiger partial charge in [0.05, 0.1) is 27.7 Å². The molecule has 0 aromatic carbocycles. The molecule has 0 aromatic heterocycles. The molecule has 47 heavy (non-hydrogen) atoms. The number of carbonyl (C=O) groups excluding carboxylic acids is 2. The second-order valence-electron chi connectivity index (χ2n) is 12.8. The minimum Gasteiger partial charge on any atom is -0.756 e. The molecular weight excluding hydrogens is 617 g/mol. The second-order valence-corrected chi connectivity index (χ2v) is 14.3. The first kappa shape index (κ1) is 45.0. The van der Waals surface area contributed by atoms with Gasteiger partial charge in [-0.05, 0) is 64.2 Å². The van der Waals surface area contributed by atoms with E-state index in [-0.39, 0.29) is 26.1 Å². The summed E-state index contributed by atoms with van der Waals surface area (Å²) in [6.45, 7) is 3.96. The molecule has 0 heterocycles. The summed E-state index contributed by atoms with van der Waals surface area (Å²) in [6, 6.07) is 0. The number of rotatable bonds is 31. The Hall–Kier alpha value is -2.03. The summed E-state index contributed by atoms with van der Waals surface area (Å²) < 4.78 is 33.6. The zero-order valence-corrected chi connectivity index (χ0v) is 31.1. The van der Waals surface area contributed by atoms with E-state index in [0.29, 0.717) is 23.9 Å². The predicted molar refractivity (Wildman–Crippen MR) is 190 cm³/mol. The third-order valence-corrected chi connectivity index (χ3v) is 8.03. The van der Waals surface area contributed by atoms with E-state index in [1.165, 1.54) is 6.42 Å². The van der Waals surface area contributed by atoms with Gasteiger partial charge in [-0.2, -0.15) is 0 Å². The van der Waals surface area contributed by atoms with Gasteiger partial charge in [0.25, 0.3) is 7.82 Å². The Morgan fingerprint density at radius 2 is 1.21 bits per heavy atom. The molecule has 0 radical (unpaired) electrons. The largest absolute Gasteiger partial charge is 0.756 e. The number of ether oxygens (including phenoxy) is 2. The van der Waals surface area contributed by atoms with Crippen LogP contribution in [-0.4, -0.2) is 70.0 Å². The summed E-state index contributed by atoms with van der Waals surface area (Å²) in [4.78, 5) is 37.2. The van der Waals surface area contributed by atoms with Crippen molar-refractivity contribution >= 4 is 19.8 Å². The molecule has 0 amide bonds. The predicted octanol–water partition coefficient (Wildman–Crippen LogP) is 8.55. The summed E-state index contributed by atoms with van der Waals surface area (Å²) in [7, 11) is 1.13. The zero-order chi connectivity index (χ0) is 35.1. The molecule has 0 spiro atoms. The van der Waals surface area contributed by atoms with E-state index in [1.54, 1.807) is 0 Å². The van der Waals surface area contributed by atoms with Crippen LogP contribution in [0.3, 0.4) is 0 Å². The number of nitrogens with zero attached hydrogens (tertiary/aromatic N) is 1. The lowest BCUT2D eigenvalue weighted by atomic mass is 10.1. The zero-order valence-electron chi connectivity index (χ0n) is 30.2. The summed E-state index contributed by atoms with van der Waals surface area (Å²) in [5.74, 6) is -0.890. The van der Waals surface area contributed by atoms with Crippen molar-refractivity contribution in [3.05, 3.63) is 48.6 Å². The fraction of sp³-hybridized carbons (Fsp3) is 0.730. The van der Waals surface area contributed by atoms with Crippen LogP contribution < -0.4 is 4.89 Å². The van der Waals surface area contributed by atoms with Gasteiger partial charge in [-0.25, -0.2) is 0 Å². The maximum absolute atomic E-state index is 12.5. The summed E-state index contributed by atoms with van der Waals surface area (Å²) in [5, 5.41) is 0. The van der Waals surface area contributed by atoms with Gasteiger partial charge in [-0.3, -0.25) is 14.2 Å². The number of hydrogen-bond acceptors (Lipinski definition) is 8. The number of phosphoric acid groups is 1. The van der Waals surface area contributed by atoms with E-state index < -0.39 is 32.5 Å². The average molecular weight is 684 g/mol. The molecule has 0 aliphatic heterocycles. The van der Waals surface area contributed by atoms with Gasteiger partial charge in [0.2, 0.25) is 0 Å². The minimum absolute atomic E-state index is 0.0399. The smallest absolute Gasteiger partial charge is 0.306 e. The fourth-order valence-electron chi connectivity index (χ4n) is 4.26. The Balaban J connectivity index is 4.56. The molecule has 9 nitrogen and oxygen atoms in total. The first-order chi connectivity index (χ1) is 22.5. The number of carbonyl (C=O) groups is 2. The Bertz CT molecular complexity index is 954. The van der Waals surface area contributed by atoms with Gasteiger partial charge in [-0.1, -0.05) is 94.6 Å². The van der Waals surface area contributed by atoms with Crippen LogP contribution in [0.4, 0.5) is 0 Å². The SMILES string of the molecule is CC/C=C\C/C=C\C/C=C\CCCCCC(=O)OC(COC(=O)CCCCCCC/C=C\CCC)COP(=O)([O-])OCC[N+](C)(C)C. The average Bonchev–Trinajstić information content (AvgIpc) is 3.01. The van der Waals surface area contributed by atoms with Crippen molar-refractivity contribution in [2.45, 2.75) is 129 Å². The lowest BCUT2D eigenvalue weighted by molar-refractivity contribution is -0.870. The molecule has 0 aliphatic rings. The van der Waals surface area contributed by atoms with Crippen LogP contribution in [-0.2, 0) is 32.7 Å². The number of quaternary nitrogens is 1. The molecule has 0 saturated heterocycles. The van der Waals surface area contributed by atoms with Gasteiger partial charge in [0.15, 0.2) is 6.10 Å². The Morgan fingerprint density at radius 3 is 1.85 bits per heavy atom. The third kappa shape index (κ3) is 33.7. The van der Waals surface area contributed by atoms with E-state index in [1.807, 2.05) is 21.1 Å². The van der Waals surface area contributed by atoms with Crippen LogP contribution in [0.1, 0.15) is 123 Å². The molecule has 2 unspecified atom stereocenters. The maximum atomic E-state index is 12.5. The quantitative estimate of drug-likeness (QED) is 0.0235. The third-order valence-electron chi connectivity index (χ3n) is 7.06. The van der Waals surface area contributed by atoms with Gasteiger partial charge in [0.1, 0.15) is 19.8 Å². The summed E-state index contributed by atoms with van der Waals surface area (Å²) >= 11 is 0. The topological polar surface area (TPSA) is 111 Å². The summed E-state index contributed by atoms with van der Waals surface area (Å²) in [5.41, 5.74) is 0. The van der Waals surface area contributed by atoms with Gasteiger partial charge >= 0.3 is 11.9 Å². The molecule has 0 fully saturated rings. The van der Waals surface area contributed by atoms with Crippen molar-refractivity contribution in [1.82, 2.24) is 0 Å². The minimum atomic E-state index is -4.62. The van der Waals surface area contributed by atoms with Gasteiger partial charge in [-0.15, -0.1) is 0 Å². The second kappa shape index (κ2) is 30.1. The molecule has 0 aromatic rings. The fourth-order valence-corrected chi connectivity index (χ4v) is 4.98. The summed E-state index contributed by atoms with van der Waals surface area (Å²) in [6.07, 6.45) is 31.5. The molecule has 10 heteroatoms. The van der Waals surface area contributed by atoms with Crippen molar-refractivity contribution in [3.63, 3.8) is 0 Å². The van der Waals surface area contributed by atoms with Crippen molar-refractivity contribution in [1.29, 1.82) is 0 Å². The standard InChI is InChI=1S/C37H66NO8P/c1-6-8-10-12-14-16-18-19-20-22-24-26-28-30-37(40)46-35(34-45-47(41,42)44-32-31-38(3,4)5)33-43-36(39)29-27-25-23-21-17-15-13-11-9-7-2/h8,10-11,13-14,16,19-20,35H,6-7,9,12,15,17-18,21-34H2,1-5H3/b10-8-,13-11-,16-14-,20-19-. The molecule has 0 N–H and O–H groups in total. The Kier molecular flexibility index (Phi) is 28.8. The van der Waals surface area contributed by atoms with Crippen LogP contribution in [0.15, 0.2) is 48.6 Å². The van der Waals surface area contributed by atoms with Crippen molar-refractivity contribution in [3.8, 4) is 0 Å². The van der Waals surface area contributed by atoms with Crippen LogP contribution in [0.2, 0.25) is 0 Å². The van der Waals surface area contributed by atoms with Gasteiger partial charge in [0, 0.05) is 12.8 Å². The first-order valence-corrected chi connectivity index (χ1v) is 19.3. The van der Waals surface area contributed by atoms with E-state index >= 15 is 0 Å². The lowest BCUT2D eigenvalue weighted by Crippen LogP contribution is -2.37. The number of unbranched alkanes of at least 4 members (excludes halogenated alkanes) is 9. The Morgan fingerprint density at radius 1 is 0.681 bits per heavy atom. The van der Waals surface area contributed by atoms with E-state index in [0.717, 1.165) is 77.0 Å². The molecule has 2 atom stereocenters. The molecule has 0 saturated carbocycles. The monoisotopic (exact) mass is 683 g/mol. The van der Waals surface area contributed by atoms with Crippen LogP contribution in [0, 0.1) is 0 Å². The number of likely N-dealkylation sites (N-methyl/N-ethyl adjacent to an activating group) is 1. The molecular formula is C37H66NO8P. The van der Waals surface area contributed by atoms with Gasteiger partial charge < -0.3 is 27.9 Å². The maximum Gasteiger partial charge on any atom is 0.306 e. The highest BCUT2D eigenvalue weighted by atomic mass is 31.2. The molecule has 0 rings (SSSR count). The molecule has 272 valence electrons. The van der Waals surface area contributed by atoms with Crippen LogP contribution in [0.5, 0.6) is 0 Å². The highest BCUT2D eigenvalue weighted by Crippen LogP contribution is 2.38. The number of esters is 2. The number of allylic oxidation sites excluding steroid dienone is 8. The first-order valence-electron chi connectivity index (χ1n) is 17.8. The van der Waals surface area contributed by atoms with E-state index in [2.05, 4.69) is 62.5 Å². The number of phosphoric ester groups is 1. The highest BCUT2D eigenvalue weighted by Gasteiger charge is 2.21. The lowest BCUT2D eigenvalue weighted by Gasteiger charge is -2.28. The normalized spacial score (nSPS) is 14.4. The highest BCUT2D eigenvalue weighted by molar-refractivity contribution is 7.45. The van der Waals surface area contributed by atoms with Crippen molar-refractivity contribution in [2.24, 2.45) is 0 Å². The van der Waals surface area contributed by atoms with E-state index in [4.69, 9.17) is 18.5 Å². The molecule has 0 bridgehead atoms. The van der Waals surface area contributed by atoms with Crippen molar-refractivity contribution < 1.29 is 42.1 Å². The van der Waals surface area contributed by atoms with Crippen molar-refractivity contribution in [2.75, 3.05) is 47.5 Å². The van der Waals surface area contributed by atoms with E-state index in [9.17, 15) is 19.0 Å². The van der Waals surface area contributed by atoms with Crippen LogP contribution >= 0.6 is 7.82 Å². The molecule has 0 aliphatic carbocycles. The Labute approximate surface area is 286 Å². The van der Waals surface area contributed by atoms with Crippen LogP contribution in [0.25, 0.3) is 0 Å². The number of hydrogen-bond donors (Lipinski definition) is 0.